The number of nitrogens with zero attached hydrogens (tertiary/aromatic N) is 4. The Bertz CT molecular complexity index is 2740. The van der Waals surface area contributed by atoms with E-state index in [1.807, 2.05) is 53.1 Å². The lowest BCUT2D eigenvalue weighted by atomic mass is 10.0. The number of carbonyl (C=O) groups is 4. The van der Waals surface area contributed by atoms with Gasteiger partial charge in [-0.1, -0.05) is 45.6 Å². The first-order valence-electron chi connectivity index (χ1n) is 24.4. The third-order valence-electron chi connectivity index (χ3n) is 9.84. The summed E-state index contributed by atoms with van der Waals surface area (Å²) < 4.78 is 122. The third-order valence-corrected chi connectivity index (χ3v) is 11.0. The van der Waals surface area contributed by atoms with E-state index in [4.69, 9.17) is 24.2 Å². The molecule has 5 heterocycles. The van der Waals surface area contributed by atoms with Crippen molar-refractivity contribution in [3.05, 3.63) is 60.3 Å². The maximum atomic E-state index is 14.2. The summed E-state index contributed by atoms with van der Waals surface area (Å²) in [6, 6.07) is 6.14. The van der Waals surface area contributed by atoms with Crippen molar-refractivity contribution >= 4 is 57.1 Å². The molecule has 14 nitrogen and oxygen atoms in total. The second-order valence-electron chi connectivity index (χ2n) is 13.2. The summed E-state index contributed by atoms with van der Waals surface area (Å²) in [6.45, 7) is -13.7. The highest BCUT2D eigenvalue weighted by molar-refractivity contribution is 7.18. The molecule has 4 amide bonds. The first-order valence-corrected chi connectivity index (χ1v) is 18.3. The van der Waals surface area contributed by atoms with Crippen LogP contribution in [0, 0.1) is 11.8 Å². The lowest BCUT2D eigenvalue weighted by Gasteiger charge is -2.30. The van der Waals surface area contributed by atoms with Crippen LogP contribution in [0.25, 0.3) is 42.8 Å². The van der Waals surface area contributed by atoms with Gasteiger partial charge < -0.3 is 39.9 Å². The maximum Gasteiger partial charge on any atom is 0.407 e. The minimum absolute atomic E-state index is 0.0281. The molecule has 55 heavy (non-hydrogen) atoms. The van der Waals surface area contributed by atoms with E-state index in [9.17, 15) is 19.2 Å². The number of H-pyrrole nitrogens is 2. The number of imidazole rings is 2. The fourth-order valence-electron chi connectivity index (χ4n) is 7.17. The molecule has 0 spiro atoms. The monoisotopic (exact) mass is 782 g/mol. The van der Waals surface area contributed by atoms with Crippen molar-refractivity contribution in [2.24, 2.45) is 11.8 Å². The molecule has 4 atom stereocenters. The van der Waals surface area contributed by atoms with Crippen molar-refractivity contribution < 1.29 is 47.8 Å². The van der Waals surface area contributed by atoms with E-state index in [1.165, 1.54) is 16.2 Å². The van der Waals surface area contributed by atoms with Crippen LogP contribution in [0.1, 0.15) is 96.0 Å². The number of aromatic nitrogens is 4. The minimum Gasteiger partial charge on any atom is -0.453 e. The SMILES string of the molecule is [2H]C([2H])([2H])C(C([2H])([2H])[2H])[C@]([2H])(NC(=O)OC)C(=O)N1CCC[C@H]1c1ncc(-c2ccc(-c3ccc4c(ccc5[nH]c([C@@H]6CCCN6C(=O)[C@@H](NC(=O)OC)C([2H])(C([2H])([2H])[2H])C([2H])([2H])[2H])nc54)c3)s2)[nH]1. The Balaban J connectivity index is 1.13. The molecule has 290 valence electrons. The molecule has 2 aromatic carbocycles. The van der Waals surface area contributed by atoms with Gasteiger partial charge >= 0.3 is 12.2 Å². The van der Waals surface area contributed by atoms with Gasteiger partial charge in [0.05, 0.1) is 55.5 Å². The average molecular weight is 783 g/mol. The molecule has 2 saturated heterocycles. The first kappa shape index (κ1) is 24.2. The van der Waals surface area contributed by atoms with Gasteiger partial charge in [0.15, 0.2) is 0 Å². The predicted octanol–water partition coefficient (Wildman–Crippen LogP) is 6.92. The molecule has 0 radical (unpaired) electrons. The number of hydrogen-bond donors (Lipinski definition) is 4. The standard InChI is InChI=1S/C40H48N8O6S/c1-21(2)32(45-39(51)53-5)37(49)47-17-7-9-28(47)35-41-20-27(43-35)31-16-15-30(55-31)24-11-13-25-23(19-24)12-14-26-34(25)44-36(42-26)29-10-8-18-48(29)38(50)33(22(3)4)46-40(52)54-6/h11-16,19-22,28-29,32-33H,7-10,17-18H2,1-6H3,(H,41,43)(H,42,44)(H,45,51)(H,46,52)/t28-,29-,32-,33-/m0/s1/i1D3,2D3,3D3,4D3,22D,32D. The van der Waals surface area contributed by atoms with Gasteiger partial charge in [-0.3, -0.25) is 9.59 Å². The van der Waals surface area contributed by atoms with Gasteiger partial charge in [-0.2, -0.15) is 0 Å². The number of nitrogens with one attached hydrogen (secondary N) is 4. The molecule has 0 aliphatic carbocycles. The van der Waals surface area contributed by atoms with Gasteiger partial charge in [-0.25, -0.2) is 19.6 Å². The summed E-state index contributed by atoms with van der Waals surface area (Å²) >= 11 is 1.43. The molecule has 5 aromatic rings. The molecule has 0 unspecified atom stereocenters. The van der Waals surface area contributed by atoms with Crippen LogP contribution in [0.15, 0.2) is 48.7 Å². The summed E-state index contributed by atoms with van der Waals surface area (Å²) in [5, 5.41) is 5.51. The number of likely N-dealkylation sites (tertiary alicyclic amines) is 2. The summed E-state index contributed by atoms with van der Waals surface area (Å²) in [5.74, 6) is -7.72. The van der Waals surface area contributed by atoms with Crippen LogP contribution in [-0.4, -0.2) is 93.1 Å². The number of carbonyl (C=O) groups excluding carboxylic acids is 4. The van der Waals surface area contributed by atoms with Crippen molar-refractivity contribution in [1.29, 1.82) is 0 Å². The Morgan fingerprint density at radius 2 is 1.58 bits per heavy atom. The molecule has 2 aliphatic heterocycles. The average Bonchev–Trinajstić information content (AvgIpc) is 4.11. The first-order chi connectivity index (χ1) is 32.0. The Hall–Kier alpha value is -5.44. The highest BCUT2D eigenvalue weighted by Gasteiger charge is 2.39. The minimum atomic E-state index is -3.53. The van der Waals surface area contributed by atoms with Crippen molar-refractivity contribution in [1.82, 2.24) is 40.4 Å². The molecule has 2 aliphatic rings. The molecule has 0 saturated carbocycles. The van der Waals surface area contributed by atoms with Crippen molar-refractivity contribution in [2.75, 3.05) is 27.3 Å². The Kier molecular flexibility index (Phi) is 6.91. The van der Waals surface area contributed by atoms with E-state index in [2.05, 4.69) is 24.4 Å². The highest BCUT2D eigenvalue weighted by Crippen LogP contribution is 2.39. The van der Waals surface area contributed by atoms with Crippen LogP contribution in [-0.2, 0) is 19.1 Å². The Labute approximate surface area is 343 Å². The lowest BCUT2D eigenvalue weighted by molar-refractivity contribution is -0.136. The second-order valence-corrected chi connectivity index (χ2v) is 14.2. The van der Waals surface area contributed by atoms with Crippen molar-refractivity contribution in [2.45, 2.75) is 77.2 Å². The van der Waals surface area contributed by atoms with Crippen molar-refractivity contribution in [3.63, 3.8) is 0 Å². The van der Waals surface area contributed by atoms with E-state index < -0.39 is 87.4 Å². The largest absolute Gasteiger partial charge is 0.453 e. The number of alkyl carbamates (subject to hydrolysis) is 2. The molecule has 15 heteroatoms. The number of benzene rings is 2. The number of fused-ring (bicyclic) bond motifs is 3. The fraction of sp³-hybridized carbons (Fsp3) is 0.450. The Morgan fingerprint density at radius 3 is 2.31 bits per heavy atom. The van der Waals surface area contributed by atoms with Gasteiger partial charge in [-0.15, -0.1) is 11.3 Å². The van der Waals surface area contributed by atoms with Gasteiger partial charge in [0, 0.05) is 41.2 Å². The van der Waals surface area contributed by atoms with Crippen LogP contribution < -0.4 is 10.6 Å². The van der Waals surface area contributed by atoms with E-state index in [-0.39, 0.29) is 13.1 Å². The van der Waals surface area contributed by atoms with Crippen LogP contribution in [0.3, 0.4) is 0 Å². The number of methoxy groups -OCH3 is 2. The summed E-state index contributed by atoms with van der Waals surface area (Å²) in [6.07, 6.45) is 0.478. The zero-order valence-corrected chi connectivity index (χ0v) is 30.6. The molecule has 2 fully saturated rings. The van der Waals surface area contributed by atoms with Gasteiger partial charge in [-0.05, 0) is 72.7 Å². The topological polar surface area (TPSA) is 175 Å². The molecular weight excluding hydrogens is 721 g/mol. The number of thiophene rings is 1. The predicted molar refractivity (Wildman–Crippen MR) is 210 cm³/mol. The van der Waals surface area contributed by atoms with Crippen molar-refractivity contribution in [3.8, 4) is 21.0 Å². The summed E-state index contributed by atoms with van der Waals surface area (Å²) in [7, 11) is 1.89. The lowest BCUT2D eigenvalue weighted by Crippen LogP contribution is -2.51. The molecule has 4 N–H and O–H groups in total. The molecule has 7 rings (SSSR count). The van der Waals surface area contributed by atoms with Gasteiger partial charge in [0.2, 0.25) is 11.8 Å². The number of rotatable bonds is 10. The molecule has 0 bridgehead atoms. The smallest absolute Gasteiger partial charge is 0.407 e. The van der Waals surface area contributed by atoms with Gasteiger partial charge in [0.25, 0.3) is 0 Å². The van der Waals surface area contributed by atoms with E-state index >= 15 is 0 Å². The normalized spacial score (nSPS) is 23.8. The number of aromatic amines is 2. The van der Waals surface area contributed by atoms with E-state index in [1.54, 1.807) is 6.20 Å². The Morgan fingerprint density at radius 1 is 0.873 bits per heavy atom. The summed E-state index contributed by atoms with van der Waals surface area (Å²) in [5.41, 5.74) is 2.61. The zero-order chi connectivity index (χ0) is 50.8. The van der Waals surface area contributed by atoms with Crippen LogP contribution in [0.5, 0.6) is 0 Å². The van der Waals surface area contributed by atoms with Crippen LogP contribution in [0.2, 0.25) is 0 Å². The summed E-state index contributed by atoms with van der Waals surface area (Å²) in [4.78, 5) is 72.9. The zero-order valence-electron chi connectivity index (χ0n) is 43.8. The van der Waals surface area contributed by atoms with Gasteiger partial charge in [0.1, 0.15) is 23.7 Å². The fourth-order valence-corrected chi connectivity index (χ4v) is 8.14. The van der Waals surface area contributed by atoms with E-state index in [0.29, 0.717) is 54.1 Å². The quantitative estimate of drug-likeness (QED) is 0.118. The second kappa shape index (κ2) is 15.7. The number of amides is 4. The van der Waals surface area contributed by atoms with Crippen LogP contribution in [0.4, 0.5) is 9.59 Å². The third kappa shape index (κ3) is 7.49. The highest BCUT2D eigenvalue weighted by atomic mass is 32.1. The number of hydrogen-bond acceptors (Lipinski definition) is 9. The van der Waals surface area contributed by atoms with E-state index in [0.717, 1.165) is 45.2 Å². The number of ether oxygens (including phenoxy) is 2. The van der Waals surface area contributed by atoms with Crippen LogP contribution >= 0.6 is 11.3 Å². The molecule has 3 aromatic heterocycles. The molecular formula is C40H48N8O6S. The maximum absolute atomic E-state index is 14.2.